The van der Waals surface area contributed by atoms with Gasteiger partial charge in [-0.3, -0.25) is 9.36 Å². The lowest BCUT2D eigenvalue weighted by atomic mass is 9.96. The maximum atomic E-state index is 12.2. The smallest absolute Gasteiger partial charge is 0.342 e. The van der Waals surface area contributed by atoms with Gasteiger partial charge in [0.15, 0.2) is 5.16 Å². The van der Waals surface area contributed by atoms with Gasteiger partial charge in [0.05, 0.1) is 6.61 Å². The summed E-state index contributed by atoms with van der Waals surface area (Å²) in [7, 11) is -4.53. The highest BCUT2D eigenvalue weighted by molar-refractivity contribution is 7.54. The summed E-state index contributed by atoms with van der Waals surface area (Å²) in [5.74, 6) is -0.732. The molecule has 0 saturated heterocycles. The molecule has 19 heavy (non-hydrogen) atoms. The SMILES string of the molecule is CCCCOC(=O)C(CCC)(CCCC)P(=O)(O)O. The number of rotatable bonds is 10. The third-order valence-corrected chi connectivity index (χ3v) is 5.02. The van der Waals surface area contributed by atoms with Crippen molar-refractivity contribution in [3.05, 3.63) is 0 Å². The van der Waals surface area contributed by atoms with Crippen molar-refractivity contribution < 1.29 is 23.9 Å². The first-order valence-electron chi connectivity index (χ1n) is 7.08. The molecule has 0 bridgehead atoms. The molecule has 0 aliphatic heterocycles. The number of esters is 1. The molecule has 0 fully saturated rings. The van der Waals surface area contributed by atoms with Crippen LogP contribution in [-0.2, 0) is 14.1 Å². The molecule has 114 valence electrons. The topological polar surface area (TPSA) is 83.8 Å². The standard InChI is InChI=1S/C13H27O5P/c1-4-7-10-13(9-6-3,19(15,16)17)12(14)18-11-8-5-2/h4-11H2,1-3H3,(H2,15,16,17). The molecule has 0 radical (unpaired) electrons. The molecule has 0 aliphatic rings. The second-order valence-corrected chi connectivity index (χ2v) is 6.86. The Labute approximate surface area is 115 Å². The van der Waals surface area contributed by atoms with Gasteiger partial charge < -0.3 is 14.5 Å². The van der Waals surface area contributed by atoms with Crippen LogP contribution in [0.2, 0.25) is 0 Å². The van der Waals surface area contributed by atoms with E-state index in [1.165, 1.54) is 0 Å². The third-order valence-electron chi connectivity index (χ3n) is 3.28. The number of carbonyl (C=O) groups excluding carboxylic acids is 1. The molecule has 0 spiro atoms. The zero-order valence-electron chi connectivity index (χ0n) is 12.2. The Hall–Kier alpha value is -0.380. The van der Waals surface area contributed by atoms with Crippen LogP contribution in [0.15, 0.2) is 0 Å². The fraction of sp³-hybridized carbons (Fsp3) is 0.923. The van der Waals surface area contributed by atoms with Crippen molar-refractivity contribution >= 4 is 13.6 Å². The van der Waals surface area contributed by atoms with Gasteiger partial charge in [-0.1, -0.05) is 46.5 Å². The monoisotopic (exact) mass is 294 g/mol. The largest absolute Gasteiger partial charge is 0.465 e. The summed E-state index contributed by atoms with van der Waals surface area (Å²) in [6.45, 7) is 5.94. The third kappa shape index (κ3) is 5.25. The predicted octanol–water partition coefficient (Wildman–Crippen LogP) is 3.24. The van der Waals surface area contributed by atoms with Crippen LogP contribution in [-0.4, -0.2) is 27.5 Å². The van der Waals surface area contributed by atoms with Crippen LogP contribution in [0.25, 0.3) is 0 Å². The predicted molar refractivity (Wildman–Crippen MR) is 75.1 cm³/mol. The molecule has 1 unspecified atom stereocenters. The Morgan fingerprint density at radius 3 is 2.05 bits per heavy atom. The summed E-state index contributed by atoms with van der Waals surface area (Å²) < 4.78 is 16.9. The Kier molecular flexibility index (Phi) is 8.55. The fourth-order valence-corrected chi connectivity index (χ4v) is 3.33. The van der Waals surface area contributed by atoms with Crippen molar-refractivity contribution in [1.29, 1.82) is 0 Å². The zero-order chi connectivity index (χ0) is 14.9. The molecule has 0 aliphatic carbocycles. The number of ether oxygens (including phenoxy) is 1. The highest BCUT2D eigenvalue weighted by Crippen LogP contribution is 2.56. The van der Waals surface area contributed by atoms with E-state index in [1.54, 1.807) is 0 Å². The normalized spacial score (nSPS) is 15.0. The molecule has 0 aromatic rings. The molecule has 2 N–H and O–H groups in total. The van der Waals surface area contributed by atoms with Crippen LogP contribution < -0.4 is 0 Å². The summed E-state index contributed by atoms with van der Waals surface area (Å²) >= 11 is 0. The number of hydrogen-bond acceptors (Lipinski definition) is 3. The van der Waals surface area contributed by atoms with Crippen molar-refractivity contribution in [3.8, 4) is 0 Å². The lowest BCUT2D eigenvalue weighted by Gasteiger charge is -2.31. The Bertz CT molecular complexity index is 312. The summed E-state index contributed by atoms with van der Waals surface area (Å²) in [4.78, 5) is 31.4. The van der Waals surface area contributed by atoms with Crippen molar-refractivity contribution in [2.24, 2.45) is 0 Å². The summed E-state index contributed by atoms with van der Waals surface area (Å²) in [5.41, 5.74) is 0. The summed E-state index contributed by atoms with van der Waals surface area (Å²) in [6, 6.07) is 0. The second-order valence-electron chi connectivity index (χ2n) is 4.92. The van der Waals surface area contributed by atoms with Gasteiger partial charge in [0, 0.05) is 0 Å². The minimum Gasteiger partial charge on any atom is -0.465 e. The molecular weight excluding hydrogens is 267 g/mol. The van der Waals surface area contributed by atoms with Gasteiger partial charge >= 0.3 is 13.6 Å². The Balaban J connectivity index is 5.08. The van der Waals surface area contributed by atoms with Crippen LogP contribution in [0, 0.1) is 0 Å². The van der Waals surface area contributed by atoms with E-state index in [-0.39, 0.29) is 19.4 Å². The maximum Gasteiger partial charge on any atom is 0.342 e. The number of unbranched alkanes of at least 4 members (excludes halogenated alkanes) is 2. The molecule has 0 aromatic heterocycles. The number of carbonyl (C=O) groups is 1. The van der Waals surface area contributed by atoms with Crippen molar-refractivity contribution in [2.75, 3.05) is 6.61 Å². The van der Waals surface area contributed by atoms with E-state index >= 15 is 0 Å². The summed E-state index contributed by atoms with van der Waals surface area (Å²) in [6.07, 6.45) is 3.87. The first-order chi connectivity index (χ1) is 8.85. The van der Waals surface area contributed by atoms with E-state index in [1.807, 2.05) is 20.8 Å². The highest BCUT2D eigenvalue weighted by atomic mass is 31.2. The van der Waals surface area contributed by atoms with E-state index in [4.69, 9.17) is 4.74 Å². The van der Waals surface area contributed by atoms with Gasteiger partial charge in [-0.2, -0.15) is 0 Å². The van der Waals surface area contributed by atoms with Crippen LogP contribution in [0.3, 0.4) is 0 Å². The van der Waals surface area contributed by atoms with Crippen molar-refractivity contribution in [3.63, 3.8) is 0 Å². The average Bonchev–Trinajstić information content (AvgIpc) is 2.33. The minimum atomic E-state index is -4.53. The molecule has 0 aromatic carbocycles. The quantitative estimate of drug-likeness (QED) is 0.367. The minimum absolute atomic E-state index is 0.169. The molecule has 1 atom stereocenters. The molecule has 0 amide bonds. The first kappa shape index (κ1) is 18.6. The van der Waals surface area contributed by atoms with Gasteiger partial charge in [0.25, 0.3) is 0 Å². The van der Waals surface area contributed by atoms with Crippen LogP contribution in [0.1, 0.15) is 65.7 Å². The molecular formula is C13H27O5P. The maximum absolute atomic E-state index is 12.2. The van der Waals surface area contributed by atoms with Gasteiger partial charge in [0.1, 0.15) is 0 Å². The van der Waals surface area contributed by atoms with E-state index in [0.29, 0.717) is 19.3 Å². The van der Waals surface area contributed by atoms with Gasteiger partial charge in [-0.15, -0.1) is 0 Å². The fourth-order valence-electron chi connectivity index (χ4n) is 2.07. The lowest BCUT2D eigenvalue weighted by Crippen LogP contribution is -2.40. The average molecular weight is 294 g/mol. The van der Waals surface area contributed by atoms with Gasteiger partial charge in [0.2, 0.25) is 0 Å². The second kappa shape index (κ2) is 8.72. The highest BCUT2D eigenvalue weighted by Gasteiger charge is 2.53. The van der Waals surface area contributed by atoms with Gasteiger partial charge in [-0.05, 0) is 19.3 Å². The van der Waals surface area contributed by atoms with E-state index in [9.17, 15) is 19.1 Å². The molecule has 0 heterocycles. The van der Waals surface area contributed by atoms with E-state index in [2.05, 4.69) is 0 Å². The molecule has 0 saturated carbocycles. The van der Waals surface area contributed by atoms with E-state index < -0.39 is 18.7 Å². The Morgan fingerprint density at radius 2 is 1.63 bits per heavy atom. The number of hydrogen-bond donors (Lipinski definition) is 2. The van der Waals surface area contributed by atoms with Crippen LogP contribution in [0.4, 0.5) is 0 Å². The Morgan fingerprint density at radius 1 is 1.05 bits per heavy atom. The molecule has 6 heteroatoms. The molecule has 5 nitrogen and oxygen atoms in total. The summed E-state index contributed by atoms with van der Waals surface area (Å²) in [5, 5.41) is -1.65. The van der Waals surface area contributed by atoms with Crippen LogP contribution in [0.5, 0.6) is 0 Å². The van der Waals surface area contributed by atoms with Gasteiger partial charge in [-0.25, -0.2) is 0 Å². The van der Waals surface area contributed by atoms with Crippen molar-refractivity contribution in [2.45, 2.75) is 70.9 Å². The first-order valence-corrected chi connectivity index (χ1v) is 8.69. The molecule has 0 rings (SSSR count). The lowest BCUT2D eigenvalue weighted by molar-refractivity contribution is -0.148. The van der Waals surface area contributed by atoms with Crippen molar-refractivity contribution in [1.82, 2.24) is 0 Å². The zero-order valence-corrected chi connectivity index (χ0v) is 13.1. The van der Waals surface area contributed by atoms with Crippen LogP contribution >= 0.6 is 7.60 Å². The van der Waals surface area contributed by atoms with E-state index in [0.717, 1.165) is 12.8 Å².